The third kappa shape index (κ3) is 8.31. The number of aryl methyl sites for hydroxylation is 1. The molecule has 0 fully saturated rings. The summed E-state index contributed by atoms with van der Waals surface area (Å²) in [6.07, 6.45) is -2.43. The summed E-state index contributed by atoms with van der Waals surface area (Å²) in [5, 5.41) is 3.94. The molecule has 8 N–H and O–H groups in total. The second-order valence-electron chi connectivity index (χ2n) is 9.58. The van der Waals surface area contributed by atoms with Gasteiger partial charge in [0.1, 0.15) is 11.4 Å². The Kier molecular flexibility index (Phi) is 9.83. The van der Waals surface area contributed by atoms with E-state index in [0.717, 1.165) is 24.1 Å². The fourth-order valence-corrected chi connectivity index (χ4v) is 4.36. The molecule has 42 heavy (non-hydrogen) atoms. The molecule has 0 saturated carbocycles. The summed E-state index contributed by atoms with van der Waals surface area (Å²) in [6, 6.07) is 11.6. The van der Waals surface area contributed by atoms with Crippen LogP contribution in [0.4, 0.5) is 13.2 Å². The lowest BCUT2D eigenvalue weighted by atomic mass is 10.1. The van der Waals surface area contributed by atoms with Crippen LogP contribution in [0, 0.1) is 6.92 Å². The molecule has 2 aromatic heterocycles. The zero-order chi connectivity index (χ0) is 30.3. The number of benzene rings is 2. The number of nitrogens with zero attached hydrogens (tertiary/aromatic N) is 3. The molecule has 0 amide bonds. The number of fused-ring (bicyclic) bond motifs is 1. The Balaban J connectivity index is 1.57. The summed E-state index contributed by atoms with van der Waals surface area (Å²) in [5.74, 6) is -0.320. The molecule has 0 radical (unpaired) electrons. The number of halogens is 3. The number of aromatic amines is 1. The van der Waals surface area contributed by atoms with E-state index in [0.29, 0.717) is 46.6 Å². The Morgan fingerprint density at radius 1 is 1.17 bits per heavy atom. The normalized spacial score (nSPS) is 11.6. The van der Waals surface area contributed by atoms with Crippen LogP contribution in [-0.4, -0.2) is 53.1 Å². The van der Waals surface area contributed by atoms with Gasteiger partial charge in [-0.15, -0.1) is 13.2 Å². The number of H-pyrrole nitrogens is 1. The lowest BCUT2D eigenvalue weighted by Gasteiger charge is -2.12. The van der Waals surface area contributed by atoms with Crippen LogP contribution in [0.2, 0.25) is 0 Å². The molecule has 0 aliphatic rings. The number of aromatic nitrogens is 3. The molecule has 4 aromatic rings. The van der Waals surface area contributed by atoms with Crippen molar-refractivity contribution in [1.29, 1.82) is 0 Å². The van der Waals surface area contributed by atoms with E-state index in [1.54, 1.807) is 18.3 Å². The van der Waals surface area contributed by atoms with Crippen LogP contribution in [0.5, 0.6) is 5.75 Å². The third-order valence-electron chi connectivity index (χ3n) is 6.28. The zero-order valence-electron chi connectivity index (χ0n) is 23.0. The molecule has 14 heteroatoms. The van der Waals surface area contributed by atoms with Gasteiger partial charge in [-0.3, -0.25) is 9.56 Å². The van der Waals surface area contributed by atoms with Gasteiger partial charge < -0.3 is 37.0 Å². The van der Waals surface area contributed by atoms with Gasteiger partial charge in [0.25, 0.3) is 0 Å². The summed E-state index contributed by atoms with van der Waals surface area (Å²) in [5.41, 5.74) is 19.9. The van der Waals surface area contributed by atoms with Crippen LogP contribution in [0.3, 0.4) is 0 Å². The predicted molar refractivity (Wildman–Crippen MR) is 154 cm³/mol. The number of hydrogen-bond donors (Lipinski definition) is 5. The highest BCUT2D eigenvalue weighted by molar-refractivity contribution is 5.83. The molecule has 2 heterocycles. The molecule has 0 spiro atoms. The maximum atomic E-state index is 13.0. The molecule has 0 bridgehead atoms. The van der Waals surface area contributed by atoms with Gasteiger partial charge in [0.05, 0.1) is 18.9 Å². The molecule has 11 nitrogen and oxygen atoms in total. The molecule has 0 atom stereocenters. The van der Waals surface area contributed by atoms with Gasteiger partial charge in [-0.25, -0.2) is 4.79 Å². The Bertz CT molecular complexity index is 1610. The molecular weight excluding hydrogens is 553 g/mol. The van der Waals surface area contributed by atoms with Gasteiger partial charge in [0.2, 0.25) is 0 Å². The SMILES string of the molecule is Cc1cc(-n2cc3cc(-c4cc(COCCN)cc(OC(F)(F)F)c4)[nH]c3nc2=O)ccc1CNCCCN=C(N)N. The summed E-state index contributed by atoms with van der Waals surface area (Å²) in [7, 11) is 0. The van der Waals surface area contributed by atoms with Crippen molar-refractivity contribution in [3.8, 4) is 22.7 Å². The molecular formula is C28H33F3N8O3. The van der Waals surface area contributed by atoms with Gasteiger partial charge in [0.15, 0.2) is 5.96 Å². The largest absolute Gasteiger partial charge is 0.573 e. The molecule has 0 aliphatic heterocycles. The van der Waals surface area contributed by atoms with Crippen LogP contribution in [0.15, 0.2) is 58.4 Å². The predicted octanol–water partition coefficient (Wildman–Crippen LogP) is 2.82. The van der Waals surface area contributed by atoms with Gasteiger partial charge in [-0.05, 0) is 73.0 Å². The highest BCUT2D eigenvalue weighted by Crippen LogP contribution is 2.31. The van der Waals surface area contributed by atoms with E-state index in [1.165, 1.54) is 16.7 Å². The number of nitrogens with one attached hydrogen (secondary N) is 2. The van der Waals surface area contributed by atoms with Crippen molar-refractivity contribution < 1.29 is 22.6 Å². The van der Waals surface area contributed by atoms with Crippen LogP contribution in [0.25, 0.3) is 28.0 Å². The maximum Gasteiger partial charge on any atom is 0.573 e. The van der Waals surface area contributed by atoms with Crippen LogP contribution in [-0.2, 0) is 17.9 Å². The Hall–Kier alpha value is -4.40. The number of nitrogens with two attached hydrogens (primary N) is 3. The minimum Gasteiger partial charge on any atom is -0.406 e. The number of hydrogen-bond acceptors (Lipinski definition) is 7. The van der Waals surface area contributed by atoms with Crippen molar-refractivity contribution in [2.45, 2.75) is 32.9 Å². The van der Waals surface area contributed by atoms with Crippen molar-refractivity contribution in [2.75, 3.05) is 26.2 Å². The van der Waals surface area contributed by atoms with Crippen molar-refractivity contribution in [1.82, 2.24) is 19.9 Å². The number of rotatable bonds is 13. The van der Waals surface area contributed by atoms with Gasteiger partial charge in [0, 0.05) is 42.5 Å². The van der Waals surface area contributed by atoms with E-state index >= 15 is 0 Å². The summed E-state index contributed by atoms with van der Waals surface area (Å²) in [4.78, 5) is 24.1. The maximum absolute atomic E-state index is 13.0. The molecule has 0 saturated heterocycles. The molecule has 4 rings (SSSR count). The number of alkyl halides is 3. The second kappa shape index (κ2) is 13.5. The minimum atomic E-state index is -4.86. The first-order valence-electron chi connectivity index (χ1n) is 13.2. The number of guanidine groups is 1. The van der Waals surface area contributed by atoms with Crippen LogP contribution in [0.1, 0.15) is 23.1 Å². The molecule has 224 valence electrons. The fourth-order valence-electron chi connectivity index (χ4n) is 4.36. The Morgan fingerprint density at radius 3 is 2.69 bits per heavy atom. The third-order valence-corrected chi connectivity index (χ3v) is 6.28. The highest BCUT2D eigenvalue weighted by Gasteiger charge is 2.31. The highest BCUT2D eigenvalue weighted by atomic mass is 19.4. The zero-order valence-corrected chi connectivity index (χ0v) is 23.0. The Labute approximate surface area is 239 Å². The average Bonchev–Trinajstić information content (AvgIpc) is 3.33. The van der Waals surface area contributed by atoms with Crippen molar-refractivity contribution in [3.05, 3.63) is 75.8 Å². The van der Waals surface area contributed by atoms with E-state index in [-0.39, 0.29) is 25.7 Å². The standard InChI is InChI=1S/C28H33F3N8O3/c1-17-9-22(4-3-19(17)14-35-6-2-7-36-26(33)34)39-15-21-13-24(37-25(21)38-27(39)40)20-10-18(16-41-8-5-32)11-23(12-20)42-28(29,30)31/h3-4,9-13,15,35H,2,5-8,14,16,32H2,1H3,(H4,33,34,36)(H,37,38,40). The van der Waals surface area contributed by atoms with E-state index in [1.807, 2.05) is 25.1 Å². The van der Waals surface area contributed by atoms with Crippen molar-refractivity contribution in [2.24, 2.45) is 22.2 Å². The fraction of sp³-hybridized carbons (Fsp3) is 0.321. The average molecular weight is 587 g/mol. The van der Waals surface area contributed by atoms with E-state index < -0.39 is 17.8 Å². The van der Waals surface area contributed by atoms with E-state index in [2.05, 4.69) is 25.0 Å². The van der Waals surface area contributed by atoms with E-state index in [4.69, 9.17) is 21.9 Å². The Morgan fingerprint density at radius 2 is 1.98 bits per heavy atom. The molecule has 2 aromatic carbocycles. The topological polar surface area (TPSA) is 172 Å². The van der Waals surface area contributed by atoms with Gasteiger partial charge in [-0.1, -0.05) is 6.07 Å². The first-order valence-corrected chi connectivity index (χ1v) is 13.2. The first kappa shape index (κ1) is 30.6. The van der Waals surface area contributed by atoms with Gasteiger partial charge in [-0.2, -0.15) is 4.98 Å². The van der Waals surface area contributed by atoms with Crippen LogP contribution >= 0.6 is 0 Å². The quantitative estimate of drug-likeness (QED) is 0.0904. The summed E-state index contributed by atoms with van der Waals surface area (Å²) in [6.45, 7) is 4.45. The smallest absolute Gasteiger partial charge is 0.406 e. The minimum absolute atomic E-state index is 0.0469. The number of aliphatic imine (C=N–C) groups is 1. The monoisotopic (exact) mass is 586 g/mol. The molecule has 0 aliphatic carbocycles. The van der Waals surface area contributed by atoms with Crippen LogP contribution < -0.4 is 32.9 Å². The van der Waals surface area contributed by atoms with Gasteiger partial charge >= 0.3 is 12.1 Å². The first-order chi connectivity index (χ1) is 20.0. The summed E-state index contributed by atoms with van der Waals surface area (Å²) < 4.78 is 49.9. The summed E-state index contributed by atoms with van der Waals surface area (Å²) >= 11 is 0. The lowest BCUT2D eigenvalue weighted by molar-refractivity contribution is -0.274. The second-order valence-corrected chi connectivity index (χ2v) is 9.58. The van der Waals surface area contributed by atoms with Crippen molar-refractivity contribution >= 4 is 17.0 Å². The molecule has 0 unspecified atom stereocenters. The van der Waals surface area contributed by atoms with Crippen molar-refractivity contribution in [3.63, 3.8) is 0 Å². The lowest BCUT2D eigenvalue weighted by Crippen LogP contribution is -2.23. The van der Waals surface area contributed by atoms with E-state index in [9.17, 15) is 18.0 Å². The number of ether oxygens (including phenoxy) is 2.